The van der Waals surface area contributed by atoms with E-state index in [-0.39, 0.29) is 11.4 Å². The molecule has 0 saturated heterocycles. The van der Waals surface area contributed by atoms with E-state index in [2.05, 4.69) is 10.6 Å². The number of nitrogens with one attached hydrogen (secondary N) is 1. The Morgan fingerprint density at radius 3 is 2.47 bits per heavy atom. The van der Waals surface area contributed by atoms with Crippen molar-refractivity contribution in [3.8, 4) is 18.1 Å². The molecule has 4 nitrogen and oxygen atoms in total. The first-order valence-electron chi connectivity index (χ1n) is 5.00. The third kappa shape index (κ3) is 2.99. The Bertz CT molecular complexity index is 556. The molecule has 0 aliphatic carbocycles. The topological polar surface area (TPSA) is 55.4 Å². The molecule has 1 rings (SSSR count). The van der Waals surface area contributed by atoms with Gasteiger partial charge in [0.25, 0.3) is 0 Å². The number of terminal acetylenes is 1. The Balaban J connectivity index is 3.31. The molecule has 0 saturated carbocycles. The standard InChI is InChI=1S/C12H15NO3S/c1-5-6-13-17(14,15)12-8-10(3)9(2)7-11(12)16-4/h1,7-8,13H,6H2,2-4H3. The van der Waals surface area contributed by atoms with Gasteiger partial charge in [0, 0.05) is 0 Å². The Kier molecular flexibility index (Phi) is 4.16. The summed E-state index contributed by atoms with van der Waals surface area (Å²) in [4.78, 5) is 0.110. The van der Waals surface area contributed by atoms with Crippen LogP contribution in [0.5, 0.6) is 5.75 Å². The Morgan fingerprint density at radius 1 is 1.35 bits per heavy atom. The minimum Gasteiger partial charge on any atom is -0.495 e. The molecule has 0 aliphatic rings. The van der Waals surface area contributed by atoms with Crippen LogP contribution in [-0.4, -0.2) is 22.1 Å². The average Bonchev–Trinajstić information content (AvgIpc) is 2.29. The van der Waals surface area contributed by atoms with Crippen LogP contribution < -0.4 is 9.46 Å². The van der Waals surface area contributed by atoms with Gasteiger partial charge in [0.2, 0.25) is 10.0 Å². The lowest BCUT2D eigenvalue weighted by atomic mass is 10.1. The van der Waals surface area contributed by atoms with E-state index in [0.29, 0.717) is 5.75 Å². The van der Waals surface area contributed by atoms with Crippen molar-refractivity contribution in [1.82, 2.24) is 4.72 Å². The van der Waals surface area contributed by atoms with Gasteiger partial charge in [-0.25, -0.2) is 8.42 Å². The third-order valence-corrected chi connectivity index (χ3v) is 3.86. The van der Waals surface area contributed by atoms with E-state index in [0.717, 1.165) is 11.1 Å². The highest BCUT2D eigenvalue weighted by Crippen LogP contribution is 2.26. The van der Waals surface area contributed by atoms with Crippen molar-refractivity contribution in [2.45, 2.75) is 18.7 Å². The maximum absolute atomic E-state index is 11.9. The molecule has 0 spiro atoms. The quantitative estimate of drug-likeness (QED) is 0.821. The highest BCUT2D eigenvalue weighted by Gasteiger charge is 2.19. The molecule has 17 heavy (non-hydrogen) atoms. The van der Waals surface area contributed by atoms with Gasteiger partial charge < -0.3 is 4.74 Å². The Labute approximate surface area is 102 Å². The smallest absolute Gasteiger partial charge is 0.245 e. The van der Waals surface area contributed by atoms with Gasteiger partial charge in [0.1, 0.15) is 10.6 Å². The average molecular weight is 253 g/mol. The molecule has 0 bridgehead atoms. The van der Waals surface area contributed by atoms with E-state index in [1.165, 1.54) is 7.11 Å². The molecular formula is C12H15NO3S. The van der Waals surface area contributed by atoms with Crippen LogP contribution in [0.15, 0.2) is 17.0 Å². The number of methoxy groups -OCH3 is 1. The minimum absolute atomic E-state index is 0.0432. The van der Waals surface area contributed by atoms with Crippen LogP contribution in [0.25, 0.3) is 0 Å². The monoisotopic (exact) mass is 253 g/mol. The van der Waals surface area contributed by atoms with Gasteiger partial charge in [-0.3, -0.25) is 0 Å². The van der Waals surface area contributed by atoms with Crippen molar-refractivity contribution in [2.75, 3.05) is 13.7 Å². The predicted molar refractivity (Wildman–Crippen MR) is 66.5 cm³/mol. The van der Waals surface area contributed by atoms with Gasteiger partial charge >= 0.3 is 0 Å². The summed E-state index contributed by atoms with van der Waals surface area (Å²) in [6.07, 6.45) is 5.03. The Hall–Kier alpha value is -1.51. The molecule has 5 heteroatoms. The van der Waals surface area contributed by atoms with Gasteiger partial charge in [0.05, 0.1) is 13.7 Å². The van der Waals surface area contributed by atoms with Crippen LogP contribution in [0.3, 0.4) is 0 Å². The first-order chi connectivity index (χ1) is 7.92. The highest BCUT2D eigenvalue weighted by molar-refractivity contribution is 7.89. The summed E-state index contributed by atoms with van der Waals surface area (Å²) >= 11 is 0. The predicted octanol–water partition coefficient (Wildman–Crippen LogP) is 1.22. The van der Waals surface area contributed by atoms with Crippen molar-refractivity contribution in [3.05, 3.63) is 23.3 Å². The molecule has 0 aliphatic heterocycles. The molecule has 1 aromatic rings. The molecule has 1 aromatic carbocycles. The lowest BCUT2D eigenvalue weighted by Crippen LogP contribution is -2.24. The van der Waals surface area contributed by atoms with E-state index >= 15 is 0 Å². The van der Waals surface area contributed by atoms with E-state index in [1.54, 1.807) is 12.1 Å². The first kappa shape index (κ1) is 13.6. The maximum Gasteiger partial charge on any atom is 0.245 e. The highest BCUT2D eigenvalue weighted by atomic mass is 32.2. The molecule has 0 amide bonds. The Morgan fingerprint density at radius 2 is 1.94 bits per heavy atom. The van der Waals surface area contributed by atoms with Crippen LogP contribution in [0.2, 0.25) is 0 Å². The van der Waals surface area contributed by atoms with Gasteiger partial charge in [0.15, 0.2) is 0 Å². The second kappa shape index (κ2) is 5.21. The summed E-state index contributed by atoms with van der Waals surface area (Å²) in [5, 5.41) is 0. The number of benzene rings is 1. The first-order valence-corrected chi connectivity index (χ1v) is 6.49. The summed E-state index contributed by atoms with van der Waals surface area (Å²) in [7, 11) is -2.19. The molecule has 0 fully saturated rings. The molecule has 0 atom stereocenters. The zero-order valence-electron chi connectivity index (χ0n) is 10.1. The fraction of sp³-hybridized carbons (Fsp3) is 0.333. The SMILES string of the molecule is C#CCNS(=O)(=O)c1cc(C)c(C)cc1OC. The van der Waals surface area contributed by atoms with Crippen LogP contribution >= 0.6 is 0 Å². The largest absolute Gasteiger partial charge is 0.495 e. The molecule has 92 valence electrons. The zero-order valence-corrected chi connectivity index (χ0v) is 10.9. The van der Waals surface area contributed by atoms with Crippen molar-refractivity contribution in [3.63, 3.8) is 0 Å². The van der Waals surface area contributed by atoms with Gasteiger partial charge in [-0.1, -0.05) is 5.92 Å². The molecular weight excluding hydrogens is 238 g/mol. The van der Waals surface area contributed by atoms with Crippen molar-refractivity contribution >= 4 is 10.0 Å². The summed E-state index contributed by atoms with van der Waals surface area (Å²) in [6.45, 7) is 3.69. The fourth-order valence-corrected chi connectivity index (χ4v) is 2.52. The maximum atomic E-state index is 11.9. The molecule has 0 aromatic heterocycles. The number of aryl methyl sites for hydroxylation is 2. The van der Waals surface area contributed by atoms with Crippen LogP contribution in [0, 0.1) is 26.2 Å². The van der Waals surface area contributed by atoms with Crippen LogP contribution in [0.1, 0.15) is 11.1 Å². The van der Waals surface area contributed by atoms with Gasteiger partial charge in [-0.15, -0.1) is 6.42 Å². The second-order valence-electron chi connectivity index (χ2n) is 3.62. The number of hydrogen-bond donors (Lipinski definition) is 1. The number of sulfonamides is 1. The molecule has 0 radical (unpaired) electrons. The van der Waals surface area contributed by atoms with Gasteiger partial charge in [-0.2, -0.15) is 4.72 Å². The zero-order chi connectivity index (χ0) is 13.1. The molecule has 0 heterocycles. The summed E-state index contributed by atoms with van der Waals surface area (Å²) in [5.74, 6) is 2.54. The van der Waals surface area contributed by atoms with Crippen LogP contribution in [-0.2, 0) is 10.0 Å². The molecule has 1 N–H and O–H groups in total. The van der Waals surface area contributed by atoms with Gasteiger partial charge in [-0.05, 0) is 37.1 Å². The fourth-order valence-electron chi connectivity index (χ4n) is 1.35. The number of ether oxygens (including phenoxy) is 1. The lowest BCUT2D eigenvalue weighted by Gasteiger charge is -2.12. The summed E-state index contributed by atoms with van der Waals surface area (Å²) in [5.41, 5.74) is 1.85. The van der Waals surface area contributed by atoms with Crippen molar-refractivity contribution < 1.29 is 13.2 Å². The second-order valence-corrected chi connectivity index (χ2v) is 5.35. The number of rotatable bonds is 4. The normalized spacial score (nSPS) is 10.9. The number of hydrogen-bond acceptors (Lipinski definition) is 3. The van der Waals surface area contributed by atoms with E-state index in [1.807, 2.05) is 13.8 Å². The summed E-state index contributed by atoms with van der Waals surface area (Å²) in [6, 6.07) is 3.27. The van der Waals surface area contributed by atoms with E-state index in [4.69, 9.17) is 11.2 Å². The van der Waals surface area contributed by atoms with Crippen LogP contribution in [0.4, 0.5) is 0 Å². The lowest BCUT2D eigenvalue weighted by molar-refractivity contribution is 0.402. The van der Waals surface area contributed by atoms with E-state index < -0.39 is 10.0 Å². The third-order valence-electron chi connectivity index (χ3n) is 2.43. The van der Waals surface area contributed by atoms with Crippen molar-refractivity contribution in [1.29, 1.82) is 0 Å². The summed E-state index contributed by atoms with van der Waals surface area (Å²) < 4.78 is 31.3. The minimum atomic E-state index is -3.62. The molecule has 0 unspecified atom stereocenters. The van der Waals surface area contributed by atoms with E-state index in [9.17, 15) is 8.42 Å². The van der Waals surface area contributed by atoms with Crippen molar-refractivity contribution in [2.24, 2.45) is 0 Å².